The Balaban J connectivity index is 3.25. The lowest BCUT2D eigenvalue weighted by Crippen LogP contribution is -2.23. The van der Waals surface area contributed by atoms with Crippen molar-refractivity contribution in [3.8, 4) is 0 Å². The fourth-order valence-corrected chi connectivity index (χ4v) is 10.5. The van der Waals surface area contributed by atoms with Crippen LogP contribution in [-0.2, 0) is 29.0 Å². The monoisotopic (exact) mass is 846 g/mol. The van der Waals surface area contributed by atoms with Crippen molar-refractivity contribution in [2.75, 3.05) is 89.6 Å². The molecule has 0 spiro atoms. The molecule has 4 N–H and O–H groups in total. The van der Waals surface area contributed by atoms with Crippen LogP contribution >= 0.6 is 129 Å². The lowest BCUT2D eigenvalue weighted by atomic mass is 11.1. The van der Waals surface area contributed by atoms with Crippen LogP contribution in [0.3, 0.4) is 0 Å². The number of aliphatic imine (C=N–C) groups is 2. The maximum absolute atomic E-state index is 11.7. The highest BCUT2D eigenvalue weighted by Gasteiger charge is 2.02. The number of aliphatic hydroxyl groups excluding tert-OH is 2. The molecule has 264 valence electrons. The first-order chi connectivity index (χ1) is 22.2. The number of thioether (sulfide) groups is 11. The molecule has 0 aliphatic heterocycles. The average molecular weight is 847 g/mol. The van der Waals surface area contributed by atoms with E-state index in [0.29, 0.717) is 35.4 Å². The molecule has 0 aromatic heterocycles. The van der Waals surface area contributed by atoms with E-state index in [1.54, 1.807) is 82.3 Å². The van der Waals surface area contributed by atoms with Gasteiger partial charge in [0.05, 0.1) is 35.4 Å². The fourth-order valence-electron chi connectivity index (χ4n) is 1.68. The number of amides is 2. The maximum atomic E-state index is 11.7. The summed E-state index contributed by atoms with van der Waals surface area (Å²) in [5, 5.41) is 27.4. The first-order valence-electron chi connectivity index (χ1n) is 12.1. The largest absolute Gasteiger partial charge is 0.438 e. The van der Waals surface area contributed by atoms with Crippen molar-refractivity contribution in [2.24, 2.45) is 9.98 Å². The Morgan fingerprint density at radius 1 is 0.533 bits per heavy atom. The molecule has 0 bridgehead atoms. The molecule has 2 amide bonds. The summed E-state index contributed by atoms with van der Waals surface area (Å²) >= 11 is 17.0. The lowest BCUT2D eigenvalue weighted by molar-refractivity contribution is -0.196. The third-order valence-electron chi connectivity index (χ3n) is 3.33. The number of alkyl carbamates (subject to hydrolysis) is 2. The van der Waals surface area contributed by atoms with Crippen molar-refractivity contribution in [3.63, 3.8) is 0 Å². The summed E-state index contributed by atoms with van der Waals surface area (Å²) in [5.41, 5.74) is 0. The van der Waals surface area contributed by atoms with Gasteiger partial charge in [-0.1, -0.05) is 0 Å². The molecule has 45 heavy (non-hydrogen) atoms. The van der Waals surface area contributed by atoms with Crippen molar-refractivity contribution >= 4 is 154 Å². The van der Waals surface area contributed by atoms with Gasteiger partial charge in [0.15, 0.2) is 0 Å². The van der Waals surface area contributed by atoms with Gasteiger partial charge in [-0.05, 0) is 0 Å². The number of hydrogen-bond donors (Lipinski definition) is 4. The highest BCUT2D eigenvalue weighted by atomic mass is 32.2. The van der Waals surface area contributed by atoms with Crippen molar-refractivity contribution < 1.29 is 48.8 Å². The van der Waals surface area contributed by atoms with Crippen molar-refractivity contribution in [3.05, 3.63) is 0 Å². The van der Waals surface area contributed by atoms with Crippen LogP contribution in [0.1, 0.15) is 0 Å². The molecule has 25 heteroatoms. The van der Waals surface area contributed by atoms with Gasteiger partial charge < -0.3 is 40.1 Å². The molecule has 0 unspecified atom stereocenters. The number of carbonyl (C=O) groups is 2. The van der Waals surface area contributed by atoms with Crippen LogP contribution in [-0.4, -0.2) is 125 Å². The molecule has 0 radical (unpaired) electrons. The molecule has 0 heterocycles. The third kappa shape index (κ3) is 41.3. The minimum atomic E-state index is -0.488. The summed E-state index contributed by atoms with van der Waals surface area (Å²) in [6.45, 7) is 0. The SMILES string of the molecule is O=C(NCSCO)OCSCSCSCN=COOCSCSCSCOC(=O)NCSCSCSCN=COOCSCO. The van der Waals surface area contributed by atoms with E-state index in [-0.39, 0.29) is 23.8 Å². The van der Waals surface area contributed by atoms with Gasteiger partial charge in [-0.15, -0.1) is 129 Å². The minimum Gasteiger partial charge on any atom is -0.438 e. The number of aliphatic hydroxyl groups is 2. The Hall–Kier alpha value is 1.17. The molecule has 0 rings (SSSR count). The lowest BCUT2D eigenvalue weighted by Gasteiger charge is -2.06. The Kier molecular flexibility index (Phi) is 42.4. The van der Waals surface area contributed by atoms with Crippen molar-refractivity contribution in [1.29, 1.82) is 0 Å². The van der Waals surface area contributed by atoms with Gasteiger partial charge in [0.25, 0.3) is 0 Å². The molecule has 0 aliphatic carbocycles. The van der Waals surface area contributed by atoms with E-state index in [1.165, 1.54) is 59.8 Å². The standard InChI is InChI=1S/C20H38N4O10S11/c25-7-35-5-23-19(27)29-9-40-16-44-14-37-4-22-2-32-34-12-42-18-45-17-41-10-30-20(28)24-6-38-15-43-13-36-3-21-1-31-33-11-39-8-26/h1-2,25-26H,3-18H2,(H,23,27)(H,24,28). The Morgan fingerprint density at radius 2 is 0.956 bits per heavy atom. The van der Waals surface area contributed by atoms with E-state index in [4.69, 9.17) is 39.2 Å². The molecule has 0 fully saturated rings. The summed E-state index contributed by atoms with van der Waals surface area (Å²) in [5.74, 6) is 3.05. The van der Waals surface area contributed by atoms with Crippen LogP contribution in [0.25, 0.3) is 0 Å². The second-order valence-electron chi connectivity index (χ2n) is 6.45. The Morgan fingerprint density at radius 3 is 1.47 bits per heavy atom. The van der Waals surface area contributed by atoms with Crippen LogP contribution in [0.4, 0.5) is 9.59 Å². The van der Waals surface area contributed by atoms with Gasteiger partial charge in [0, 0.05) is 30.5 Å². The smallest absolute Gasteiger partial charge is 0.408 e. The minimum absolute atomic E-state index is 0.0187. The molecule has 0 aliphatic rings. The molecule has 0 saturated heterocycles. The van der Waals surface area contributed by atoms with Gasteiger partial charge in [0.2, 0.25) is 12.8 Å². The van der Waals surface area contributed by atoms with Crippen LogP contribution in [0.15, 0.2) is 9.98 Å². The number of hydrogen-bond acceptors (Lipinski definition) is 23. The van der Waals surface area contributed by atoms with E-state index in [1.807, 2.05) is 0 Å². The van der Waals surface area contributed by atoms with Gasteiger partial charge in [-0.2, -0.15) is 9.78 Å². The number of nitrogens with one attached hydrogen (secondary N) is 2. The molecule has 0 atom stereocenters. The summed E-state index contributed by atoms with van der Waals surface area (Å²) in [7, 11) is 0. The van der Waals surface area contributed by atoms with Gasteiger partial charge in [0.1, 0.15) is 23.8 Å². The van der Waals surface area contributed by atoms with Gasteiger partial charge in [-0.3, -0.25) is 0 Å². The second kappa shape index (κ2) is 41.3. The number of carbonyl (C=O) groups excluding carboxylic acids is 2. The predicted molar refractivity (Wildman–Crippen MR) is 206 cm³/mol. The van der Waals surface area contributed by atoms with E-state index in [0.717, 1.165) is 30.5 Å². The number of ether oxygens (including phenoxy) is 2. The fraction of sp³-hybridized carbons (Fsp3) is 0.800. The van der Waals surface area contributed by atoms with E-state index in [9.17, 15) is 9.59 Å². The van der Waals surface area contributed by atoms with Crippen LogP contribution < -0.4 is 10.6 Å². The third-order valence-corrected chi connectivity index (χ3v) is 14.2. The zero-order valence-electron chi connectivity index (χ0n) is 24.0. The Bertz CT molecular complexity index is 730. The molecule has 0 aromatic carbocycles. The summed E-state index contributed by atoms with van der Waals surface area (Å²) < 4.78 is 10.1. The molecule has 0 saturated carbocycles. The van der Waals surface area contributed by atoms with Gasteiger partial charge >= 0.3 is 12.2 Å². The van der Waals surface area contributed by atoms with E-state index >= 15 is 0 Å². The highest BCUT2D eigenvalue weighted by Crippen LogP contribution is 2.19. The summed E-state index contributed by atoms with van der Waals surface area (Å²) in [4.78, 5) is 50.4. The van der Waals surface area contributed by atoms with E-state index in [2.05, 4.69) is 20.6 Å². The molecule has 14 nitrogen and oxygen atoms in total. The Labute approximate surface area is 310 Å². The van der Waals surface area contributed by atoms with Crippen LogP contribution in [0.5, 0.6) is 0 Å². The quantitative estimate of drug-likeness (QED) is 0.0153. The number of rotatable bonds is 34. The first kappa shape index (κ1) is 46.2. The summed E-state index contributed by atoms with van der Waals surface area (Å²) in [6, 6.07) is 0. The van der Waals surface area contributed by atoms with Crippen molar-refractivity contribution in [1.82, 2.24) is 10.6 Å². The average Bonchev–Trinajstić information content (AvgIpc) is 3.04. The zero-order valence-corrected chi connectivity index (χ0v) is 33.0. The molecule has 0 aromatic rings. The molecular weight excluding hydrogens is 809 g/mol. The first-order valence-corrected chi connectivity index (χ1v) is 24.8. The second-order valence-corrected chi connectivity index (χ2v) is 19.2. The maximum Gasteiger partial charge on any atom is 0.408 e. The topological polar surface area (TPSA) is 179 Å². The predicted octanol–water partition coefficient (Wildman–Crippen LogP) is 5.76. The normalized spacial score (nSPS) is 11.2. The van der Waals surface area contributed by atoms with Gasteiger partial charge in [-0.25, -0.2) is 19.6 Å². The zero-order chi connectivity index (χ0) is 32.7. The van der Waals surface area contributed by atoms with Crippen LogP contribution in [0, 0.1) is 0 Å². The number of nitrogens with zero attached hydrogens (tertiary/aromatic N) is 2. The molecular formula is C20H38N4O10S11. The highest BCUT2D eigenvalue weighted by molar-refractivity contribution is 8.23. The van der Waals surface area contributed by atoms with E-state index < -0.39 is 12.2 Å². The summed E-state index contributed by atoms with van der Waals surface area (Å²) in [6.07, 6.45) is 1.61. The van der Waals surface area contributed by atoms with Crippen LogP contribution in [0.2, 0.25) is 0 Å². The van der Waals surface area contributed by atoms with Crippen molar-refractivity contribution in [2.45, 2.75) is 0 Å².